The number of carbonyl (C=O) groups is 2. The van der Waals surface area contributed by atoms with Gasteiger partial charge in [0.25, 0.3) is 5.91 Å². The Morgan fingerprint density at radius 1 is 1.04 bits per heavy atom. The zero-order chi connectivity index (χ0) is 20.7. The molecule has 0 aliphatic rings. The highest BCUT2D eigenvalue weighted by atomic mass is 35.5. The van der Waals surface area contributed by atoms with Crippen LogP contribution in [-0.4, -0.2) is 31.1 Å². The van der Waals surface area contributed by atoms with Crippen LogP contribution in [0.4, 0.5) is 8.78 Å². The minimum atomic E-state index is -1.07. The third kappa shape index (κ3) is 5.92. The summed E-state index contributed by atoms with van der Waals surface area (Å²) in [5, 5.41) is 2.90. The van der Waals surface area contributed by atoms with Crippen LogP contribution >= 0.6 is 11.6 Å². The maximum absolute atomic E-state index is 13.7. The highest BCUT2D eigenvalue weighted by Gasteiger charge is 2.28. The predicted molar refractivity (Wildman–Crippen MR) is 100 cm³/mol. The van der Waals surface area contributed by atoms with Gasteiger partial charge in [-0.1, -0.05) is 31.5 Å². The molecule has 0 fully saturated rings. The van der Waals surface area contributed by atoms with E-state index >= 15 is 0 Å². The van der Waals surface area contributed by atoms with Crippen molar-refractivity contribution in [2.24, 2.45) is 5.92 Å². The monoisotopic (exact) mass is 411 g/mol. The standard InChI is InChI=1S/C20H20ClF2NO4/c1-12(2)18(24-19(25)17-15(22)4-3-5-16(17)23)20(26)28-11-10-27-14-8-6-13(21)7-9-14/h3-9,12,18H,10-11H2,1-2H3,(H,24,25)/t18-/m0/s1. The second-order valence-corrected chi connectivity index (χ2v) is 6.70. The van der Waals surface area contributed by atoms with E-state index in [1.54, 1.807) is 38.1 Å². The summed E-state index contributed by atoms with van der Waals surface area (Å²) in [6, 6.07) is 8.68. The SMILES string of the molecule is CC(C)[C@H](NC(=O)c1c(F)cccc1F)C(=O)OCCOc1ccc(Cl)cc1. The van der Waals surface area contributed by atoms with E-state index in [9.17, 15) is 18.4 Å². The van der Waals surface area contributed by atoms with Gasteiger partial charge in [0.1, 0.15) is 42.2 Å². The van der Waals surface area contributed by atoms with E-state index in [0.29, 0.717) is 10.8 Å². The van der Waals surface area contributed by atoms with E-state index < -0.39 is 35.1 Å². The molecule has 0 saturated heterocycles. The largest absolute Gasteiger partial charge is 0.490 e. The lowest BCUT2D eigenvalue weighted by Gasteiger charge is -2.21. The molecular weight excluding hydrogens is 392 g/mol. The molecule has 0 unspecified atom stereocenters. The molecule has 0 spiro atoms. The maximum Gasteiger partial charge on any atom is 0.329 e. The smallest absolute Gasteiger partial charge is 0.329 e. The average Bonchev–Trinajstić information content (AvgIpc) is 2.64. The van der Waals surface area contributed by atoms with Crippen molar-refractivity contribution in [1.29, 1.82) is 0 Å². The van der Waals surface area contributed by atoms with Crippen molar-refractivity contribution in [3.8, 4) is 5.75 Å². The molecule has 0 aliphatic heterocycles. The first-order valence-corrected chi connectivity index (χ1v) is 8.97. The van der Waals surface area contributed by atoms with Crippen LogP contribution in [0.5, 0.6) is 5.75 Å². The van der Waals surface area contributed by atoms with Crippen molar-refractivity contribution in [1.82, 2.24) is 5.32 Å². The van der Waals surface area contributed by atoms with E-state index in [2.05, 4.69) is 5.32 Å². The fourth-order valence-corrected chi connectivity index (χ4v) is 2.47. The molecule has 0 heterocycles. The molecule has 0 aliphatic carbocycles. The molecule has 2 aromatic carbocycles. The molecule has 0 radical (unpaired) electrons. The Hall–Kier alpha value is -2.67. The van der Waals surface area contributed by atoms with E-state index in [1.807, 2.05) is 0 Å². The van der Waals surface area contributed by atoms with Crippen molar-refractivity contribution < 1.29 is 27.8 Å². The number of rotatable bonds is 8. The molecule has 1 amide bonds. The number of carbonyl (C=O) groups excluding carboxylic acids is 2. The zero-order valence-corrected chi connectivity index (χ0v) is 16.1. The first-order chi connectivity index (χ1) is 13.3. The van der Waals surface area contributed by atoms with E-state index in [0.717, 1.165) is 18.2 Å². The molecule has 1 N–H and O–H groups in total. The fourth-order valence-electron chi connectivity index (χ4n) is 2.35. The highest BCUT2D eigenvalue weighted by molar-refractivity contribution is 6.30. The number of amides is 1. The third-order valence-corrected chi connectivity index (χ3v) is 4.06. The van der Waals surface area contributed by atoms with Crippen LogP contribution in [-0.2, 0) is 9.53 Å². The summed E-state index contributed by atoms with van der Waals surface area (Å²) >= 11 is 5.78. The number of nitrogens with one attached hydrogen (secondary N) is 1. The van der Waals surface area contributed by atoms with Crippen LogP contribution in [0.25, 0.3) is 0 Å². The molecule has 0 bridgehead atoms. The van der Waals surface area contributed by atoms with Crippen molar-refractivity contribution in [2.75, 3.05) is 13.2 Å². The van der Waals surface area contributed by atoms with Crippen LogP contribution in [0.3, 0.4) is 0 Å². The quantitative estimate of drug-likeness (QED) is 0.527. The normalized spacial score (nSPS) is 11.8. The van der Waals surface area contributed by atoms with Gasteiger partial charge >= 0.3 is 5.97 Å². The van der Waals surface area contributed by atoms with Gasteiger partial charge in [0.15, 0.2) is 0 Å². The van der Waals surface area contributed by atoms with Gasteiger partial charge in [0.05, 0.1) is 0 Å². The molecule has 0 saturated carbocycles. The summed E-state index contributed by atoms with van der Waals surface area (Å²) in [4.78, 5) is 24.5. The summed E-state index contributed by atoms with van der Waals surface area (Å²) in [6.07, 6.45) is 0. The van der Waals surface area contributed by atoms with Crippen LogP contribution < -0.4 is 10.1 Å². The number of esters is 1. The van der Waals surface area contributed by atoms with Crippen molar-refractivity contribution in [2.45, 2.75) is 19.9 Å². The Morgan fingerprint density at radius 3 is 2.21 bits per heavy atom. The number of halogens is 3. The molecule has 8 heteroatoms. The van der Waals surface area contributed by atoms with Crippen LogP contribution in [0.2, 0.25) is 5.02 Å². The van der Waals surface area contributed by atoms with Gasteiger partial charge in [-0.05, 0) is 42.3 Å². The predicted octanol–water partition coefficient (Wildman–Crippen LogP) is 3.99. The maximum atomic E-state index is 13.7. The van der Waals surface area contributed by atoms with E-state index in [1.165, 1.54) is 0 Å². The second kappa shape index (κ2) is 10.0. The van der Waals surface area contributed by atoms with Crippen molar-refractivity contribution in [3.05, 3.63) is 64.7 Å². The van der Waals surface area contributed by atoms with E-state index in [-0.39, 0.29) is 19.1 Å². The molecule has 5 nitrogen and oxygen atoms in total. The molecule has 1 atom stereocenters. The Balaban J connectivity index is 1.90. The van der Waals surface area contributed by atoms with Crippen molar-refractivity contribution in [3.63, 3.8) is 0 Å². The minimum Gasteiger partial charge on any atom is -0.490 e. The van der Waals surface area contributed by atoms with Crippen LogP contribution in [0, 0.1) is 17.6 Å². The Kier molecular flexibility index (Phi) is 7.75. The highest BCUT2D eigenvalue weighted by Crippen LogP contribution is 2.16. The van der Waals surface area contributed by atoms with Gasteiger partial charge in [0, 0.05) is 5.02 Å². The molecule has 0 aromatic heterocycles. The van der Waals surface area contributed by atoms with Gasteiger partial charge in [0.2, 0.25) is 0 Å². The van der Waals surface area contributed by atoms with Crippen LogP contribution in [0.1, 0.15) is 24.2 Å². The summed E-state index contributed by atoms with van der Waals surface area (Å²) in [5.74, 6) is -3.56. The fraction of sp³-hybridized carbons (Fsp3) is 0.300. The lowest BCUT2D eigenvalue weighted by molar-refractivity contribution is -0.147. The number of hydrogen-bond acceptors (Lipinski definition) is 4. The first-order valence-electron chi connectivity index (χ1n) is 8.59. The van der Waals surface area contributed by atoms with Gasteiger partial charge < -0.3 is 14.8 Å². The molecular formula is C20H20ClF2NO4. The first kappa shape index (κ1) is 21.6. The Labute approximate surface area is 166 Å². The van der Waals surface area contributed by atoms with Gasteiger partial charge in [-0.25, -0.2) is 13.6 Å². The number of ether oxygens (including phenoxy) is 2. The number of benzene rings is 2. The molecule has 2 aromatic rings. The summed E-state index contributed by atoms with van der Waals surface area (Å²) < 4.78 is 38.0. The second-order valence-electron chi connectivity index (χ2n) is 6.26. The number of hydrogen-bond donors (Lipinski definition) is 1. The van der Waals surface area contributed by atoms with Crippen LogP contribution in [0.15, 0.2) is 42.5 Å². The van der Waals surface area contributed by atoms with Gasteiger partial charge in [-0.2, -0.15) is 0 Å². The summed E-state index contributed by atoms with van der Waals surface area (Å²) in [6.45, 7) is 3.38. The third-order valence-electron chi connectivity index (χ3n) is 3.81. The Morgan fingerprint density at radius 2 is 1.64 bits per heavy atom. The van der Waals surface area contributed by atoms with Gasteiger partial charge in [-0.15, -0.1) is 0 Å². The lowest BCUT2D eigenvalue weighted by Crippen LogP contribution is -2.46. The van der Waals surface area contributed by atoms with Crippen molar-refractivity contribution >= 4 is 23.5 Å². The lowest BCUT2D eigenvalue weighted by atomic mass is 10.0. The Bertz CT molecular complexity index is 807. The topological polar surface area (TPSA) is 64.6 Å². The minimum absolute atomic E-state index is 0.0609. The molecule has 2 rings (SSSR count). The van der Waals surface area contributed by atoms with Gasteiger partial charge in [-0.3, -0.25) is 4.79 Å². The summed E-state index contributed by atoms with van der Waals surface area (Å²) in [7, 11) is 0. The zero-order valence-electron chi connectivity index (χ0n) is 15.4. The van der Waals surface area contributed by atoms with E-state index in [4.69, 9.17) is 21.1 Å². The molecule has 28 heavy (non-hydrogen) atoms. The average molecular weight is 412 g/mol. The molecule has 150 valence electrons. The summed E-state index contributed by atoms with van der Waals surface area (Å²) in [5.41, 5.74) is -0.743.